The van der Waals surface area contributed by atoms with Crippen molar-refractivity contribution in [3.8, 4) is 0 Å². The summed E-state index contributed by atoms with van der Waals surface area (Å²) in [5, 5.41) is 0. The summed E-state index contributed by atoms with van der Waals surface area (Å²) in [6, 6.07) is 0. The molecule has 0 aliphatic heterocycles. The lowest BCUT2D eigenvalue weighted by Crippen LogP contribution is -1.69. The van der Waals surface area contributed by atoms with E-state index in [9.17, 15) is 8.78 Å². The van der Waals surface area contributed by atoms with Gasteiger partial charge in [0.2, 0.25) is 6.43 Å². The highest BCUT2D eigenvalue weighted by atomic mass is 19.3. The zero-order chi connectivity index (χ0) is 3.58. The van der Waals surface area contributed by atoms with E-state index in [4.69, 9.17) is 0 Å². The summed E-state index contributed by atoms with van der Waals surface area (Å²) < 4.78 is 20.7. The van der Waals surface area contributed by atoms with Crippen LogP contribution >= 0.6 is 0 Å². The maximum atomic E-state index is 10.3. The van der Waals surface area contributed by atoms with Gasteiger partial charge in [-0.3, -0.25) is 0 Å². The third-order valence-electron chi connectivity index (χ3n) is 0. The summed E-state index contributed by atoms with van der Waals surface area (Å²) in [4.78, 5) is 0. The summed E-state index contributed by atoms with van der Waals surface area (Å²) in [7, 11) is 0. The quantitative estimate of drug-likeness (QED) is 0.418. The standard InChI is InChI=1S/C2H4F2.CH4/c1-2(3)4;/h2H,1H3;1H4. The Kier molecular flexibility index (Phi) is 6.83. The van der Waals surface area contributed by atoms with Gasteiger partial charge in [-0.2, -0.15) is 0 Å². The molecule has 0 nitrogen and oxygen atoms in total. The van der Waals surface area contributed by atoms with Crippen molar-refractivity contribution in [1.29, 1.82) is 0 Å². The Morgan fingerprint density at radius 3 is 1.40 bits per heavy atom. The van der Waals surface area contributed by atoms with Gasteiger partial charge in [0.25, 0.3) is 0 Å². The van der Waals surface area contributed by atoms with Crippen LogP contribution in [0.5, 0.6) is 0 Å². The van der Waals surface area contributed by atoms with Gasteiger partial charge in [0.05, 0.1) is 0 Å². The van der Waals surface area contributed by atoms with Crippen LogP contribution in [-0.2, 0) is 0 Å². The van der Waals surface area contributed by atoms with E-state index in [1.54, 1.807) is 0 Å². The van der Waals surface area contributed by atoms with Crippen molar-refractivity contribution in [2.75, 3.05) is 0 Å². The molecule has 0 aromatic rings. The smallest absolute Gasteiger partial charge is 0.211 e. The van der Waals surface area contributed by atoms with E-state index in [1.807, 2.05) is 0 Å². The van der Waals surface area contributed by atoms with Gasteiger partial charge in [-0.25, -0.2) is 8.78 Å². The highest BCUT2D eigenvalue weighted by Gasteiger charge is 1.79. The Balaban J connectivity index is 0. The molecule has 0 atom stereocenters. The normalized spacial score (nSPS) is 7.20. The highest BCUT2D eigenvalue weighted by Crippen LogP contribution is 1.82. The Bertz CT molecular complexity index is 9.61. The van der Waals surface area contributed by atoms with Crippen molar-refractivity contribution in [3.63, 3.8) is 0 Å². The molecule has 5 heavy (non-hydrogen) atoms. The van der Waals surface area contributed by atoms with Crippen LogP contribution in [0.4, 0.5) is 8.78 Å². The van der Waals surface area contributed by atoms with Gasteiger partial charge in [-0.05, 0) is 6.92 Å². The lowest BCUT2D eigenvalue weighted by atomic mass is 10.9. The van der Waals surface area contributed by atoms with Crippen LogP contribution in [0.25, 0.3) is 0 Å². The maximum Gasteiger partial charge on any atom is 0.235 e. The molecule has 0 unspecified atom stereocenters. The first-order valence-electron chi connectivity index (χ1n) is 1.01. The molecule has 0 aromatic carbocycles. The van der Waals surface area contributed by atoms with E-state index in [-0.39, 0.29) is 7.43 Å². The predicted octanol–water partition coefficient (Wildman–Crippen LogP) is 1.91. The zero-order valence-corrected chi connectivity index (χ0v) is 2.33. The fraction of sp³-hybridized carbons (Fsp3) is 1.00. The number of hydrogen-bond donors (Lipinski definition) is 0. The molecule has 0 saturated carbocycles. The van der Waals surface area contributed by atoms with Crippen LogP contribution in [0.1, 0.15) is 14.4 Å². The molecule has 0 aliphatic carbocycles. The third kappa shape index (κ3) is 681. The van der Waals surface area contributed by atoms with E-state index in [2.05, 4.69) is 0 Å². The van der Waals surface area contributed by atoms with Gasteiger partial charge in [-0.15, -0.1) is 0 Å². The van der Waals surface area contributed by atoms with E-state index >= 15 is 0 Å². The molecule has 0 N–H and O–H groups in total. The summed E-state index contributed by atoms with van der Waals surface area (Å²) in [5.41, 5.74) is 0. The van der Waals surface area contributed by atoms with Crippen LogP contribution in [0.3, 0.4) is 0 Å². The van der Waals surface area contributed by atoms with Gasteiger partial charge >= 0.3 is 0 Å². The maximum absolute atomic E-state index is 10.3. The second-order valence-corrected chi connectivity index (χ2v) is 0.519. The number of halogens is 2. The Hall–Kier alpha value is -0.140. The van der Waals surface area contributed by atoms with Crippen LogP contribution in [0.15, 0.2) is 0 Å². The molecule has 0 saturated heterocycles. The van der Waals surface area contributed by atoms with Crippen molar-refractivity contribution in [1.82, 2.24) is 0 Å². The SMILES string of the molecule is C.CC(F)F. The molecular formula is C3H8F2. The first-order valence-corrected chi connectivity index (χ1v) is 1.01. The fourth-order valence-corrected chi connectivity index (χ4v) is 0. The van der Waals surface area contributed by atoms with Crippen molar-refractivity contribution < 1.29 is 8.78 Å². The number of rotatable bonds is 0. The predicted molar refractivity (Wildman–Crippen MR) is 18.4 cm³/mol. The minimum Gasteiger partial charge on any atom is -0.211 e. The Morgan fingerprint density at radius 2 is 1.40 bits per heavy atom. The van der Waals surface area contributed by atoms with Crippen molar-refractivity contribution in [2.24, 2.45) is 0 Å². The van der Waals surface area contributed by atoms with Crippen molar-refractivity contribution in [3.05, 3.63) is 0 Å². The molecule has 0 bridgehead atoms. The van der Waals surface area contributed by atoms with Gasteiger partial charge in [0.1, 0.15) is 0 Å². The van der Waals surface area contributed by atoms with Crippen molar-refractivity contribution >= 4 is 0 Å². The van der Waals surface area contributed by atoms with E-state index < -0.39 is 6.43 Å². The topological polar surface area (TPSA) is 0 Å². The van der Waals surface area contributed by atoms with Crippen molar-refractivity contribution in [2.45, 2.75) is 20.8 Å². The van der Waals surface area contributed by atoms with Gasteiger partial charge in [-0.1, -0.05) is 7.43 Å². The van der Waals surface area contributed by atoms with E-state index in [0.29, 0.717) is 0 Å². The second-order valence-electron chi connectivity index (χ2n) is 0.519. The monoisotopic (exact) mass is 82.1 g/mol. The summed E-state index contributed by atoms with van der Waals surface area (Å²) >= 11 is 0. The molecule has 0 aliphatic rings. The highest BCUT2D eigenvalue weighted by molar-refractivity contribution is 4.06. The molecule has 34 valence electrons. The van der Waals surface area contributed by atoms with Gasteiger partial charge in [0.15, 0.2) is 0 Å². The molecular weight excluding hydrogens is 74.0 g/mol. The largest absolute Gasteiger partial charge is 0.235 e. The third-order valence-corrected chi connectivity index (χ3v) is 0. The van der Waals surface area contributed by atoms with Crippen LogP contribution < -0.4 is 0 Å². The molecule has 0 amide bonds. The molecule has 0 rings (SSSR count). The summed E-state index contributed by atoms with van der Waals surface area (Å²) in [5.74, 6) is 0. The van der Waals surface area contributed by atoms with Gasteiger partial charge in [0, 0.05) is 0 Å². The molecule has 0 spiro atoms. The van der Waals surface area contributed by atoms with E-state index in [1.165, 1.54) is 0 Å². The zero-order valence-electron chi connectivity index (χ0n) is 2.33. The molecule has 0 aromatic heterocycles. The molecule has 2 heteroatoms. The number of alkyl halides is 2. The second kappa shape index (κ2) is 3.86. The van der Waals surface area contributed by atoms with Crippen LogP contribution in [-0.4, -0.2) is 6.43 Å². The fourth-order valence-electron chi connectivity index (χ4n) is 0. The first kappa shape index (κ1) is 8.85. The molecule has 0 fully saturated rings. The minimum atomic E-state index is -2.17. The Morgan fingerprint density at radius 1 is 1.40 bits per heavy atom. The van der Waals surface area contributed by atoms with Crippen LogP contribution in [0.2, 0.25) is 0 Å². The lowest BCUT2D eigenvalue weighted by molar-refractivity contribution is 0.171. The number of hydrogen-bond acceptors (Lipinski definition) is 0. The van der Waals surface area contributed by atoms with Crippen LogP contribution in [0, 0.1) is 0 Å². The first-order chi connectivity index (χ1) is 1.73. The average Bonchev–Trinajstić information content (AvgIpc) is 0.811. The Labute approximate surface area is 30.8 Å². The summed E-state index contributed by atoms with van der Waals surface area (Å²) in [6.07, 6.45) is -2.17. The minimum absolute atomic E-state index is 0. The molecule has 0 heterocycles. The lowest BCUT2D eigenvalue weighted by Gasteiger charge is -1.70. The van der Waals surface area contributed by atoms with E-state index in [0.717, 1.165) is 6.92 Å². The molecule has 0 radical (unpaired) electrons. The summed E-state index contributed by atoms with van der Waals surface area (Å²) in [6.45, 7) is 0.833. The average molecular weight is 82.1 g/mol. The van der Waals surface area contributed by atoms with Gasteiger partial charge < -0.3 is 0 Å².